The Kier molecular flexibility index (Phi) is 2.68. The quantitative estimate of drug-likeness (QED) is 0.714. The van der Waals surface area contributed by atoms with Crippen molar-refractivity contribution in [3.05, 3.63) is 16.0 Å². The smallest absolute Gasteiger partial charge is 0.221 e. The normalized spacial score (nSPS) is 18.3. The lowest BCUT2D eigenvalue weighted by Crippen LogP contribution is -2.21. The summed E-state index contributed by atoms with van der Waals surface area (Å²) >= 11 is 3.16. The highest BCUT2D eigenvalue weighted by Crippen LogP contribution is 2.27. The average molecular weight is 293 g/mol. The second kappa shape index (κ2) is 3.71. The van der Waals surface area contributed by atoms with Gasteiger partial charge >= 0.3 is 0 Å². The molecule has 0 amide bonds. The van der Waals surface area contributed by atoms with Crippen LogP contribution in [0, 0.1) is 0 Å². The monoisotopic (exact) mass is 292 g/mol. The molecule has 2 heterocycles. The summed E-state index contributed by atoms with van der Waals surface area (Å²) in [6.45, 7) is 0. The summed E-state index contributed by atoms with van der Waals surface area (Å²) in [5, 5.41) is 0. The van der Waals surface area contributed by atoms with Crippen LogP contribution in [0.1, 0.15) is 11.3 Å². The highest BCUT2D eigenvalue weighted by molar-refractivity contribution is 9.10. The van der Waals surface area contributed by atoms with Crippen LogP contribution in [0.3, 0.4) is 0 Å². The first-order chi connectivity index (χ1) is 7.02. The fourth-order valence-electron chi connectivity index (χ4n) is 1.54. The molecule has 0 bridgehead atoms. The molecule has 15 heavy (non-hydrogen) atoms. The molecule has 1 aliphatic heterocycles. The van der Waals surface area contributed by atoms with Crippen molar-refractivity contribution < 1.29 is 13.2 Å². The minimum Gasteiger partial charge on any atom is -0.481 e. The first kappa shape index (κ1) is 10.8. The van der Waals surface area contributed by atoms with Gasteiger partial charge in [-0.2, -0.15) is 4.98 Å². The van der Waals surface area contributed by atoms with Crippen LogP contribution in [0.2, 0.25) is 0 Å². The summed E-state index contributed by atoms with van der Waals surface area (Å²) < 4.78 is 28.4. The van der Waals surface area contributed by atoms with Crippen LogP contribution in [-0.4, -0.2) is 31.2 Å². The summed E-state index contributed by atoms with van der Waals surface area (Å²) in [5.74, 6) is 0.459. The lowest BCUT2D eigenvalue weighted by atomic mass is 10.2. The van der Waals surface area contributed by atoms with Crippen LogP contribution in [0.15, 0.2) is 4.73 Å². The van der Waals surface area contributed by atoms with Crippen LogP contribution in [0.25, 0.3) is 0 Å². The van der Waals surface area contributed by atoms with Crippen molar-refractivity contribution in [2.24, 2.45) is 0 Å². The Bertz CT molecular complexity index is 484. The van der Waals surface area contributed by atoms with Crippen molar-refractivity contribution in [3.63, 3.8) is 0 Å². The van der Waals surface area contributed by atoms with Crippen molar-refractivity contribution in [2.75, 3.05) is 12.9 Å². The minimum atomic E-state index is -3.02. The number of sulfone groups is 1. The van der Waals surface area contributed by atoms with Crippen LogP contribution in [0.5, 0.6) is 5.88 Å². The summed E-state index contributed by atoms with van der Waals surface area (Å²) in [6.07, 6.45) is 0.426. The van der Waals surface area contributed by atoms with Crippen LogP contribution >= 0.6 is 15.9 Å². The van der Waals surface area contributed by atoms with Crippen molar-refractivity contribution in [2.45, 2.75) is 12.2 Å². The predicted molar refractivity (Wildman–Crippen MR) is 57.5 cm³/mol. The molecule has 0 atom stereocenters. The number of hydrogen-bond donors (Lipinski definition) is 0. The van der Waals surface area contributed by atoms with Gasteiger partial charge in [-0.25, -0.2) is 13.4 Å². The molecule has 0 aliphatic carbocycles. The van der Waals surface area contributed by atoms with E-state index >= 15 is 0 Å². The molecule has 0 unspecified atom stereocenters. The number of ether oxygens (including phenoxy) is 1. The Hall–Kier alpha value is -0.690. The molecule has 0 saturated heterocycles. The molecule has 1 aliphatic rings. The number of fused-ring (bicyclic) bond motifs is 1. The van der Waals surface area contributed by atoms with E-state index in [1.807, 2.05) is 0 Å². The zero-order valence-electron chi connectivity index (χ0n) is 8.03. The molecule has 82 valence electrons. The van der Waals surface area contributed by atoms with Gasteiger partial charge in [-0.3, -0.25) is 0 Å². The third-order valence-corrected chi connectivity index (χ3v) is 4.14. The van der Waals surface area contributed by atoms with Crippen molar-refractivity contribution in [3.8, 4) is 5.88 Å². The van der Waals surface area contributed by atoms with E-state index in [2.05, 4.69) is 25.9 Å². The first-order valence-corrected chi connectivity index (χ1v) is 6.93. The Balaban J connectivity index is 2.57. The molecule has 0 fully saturated rings. The molecule has 7 heteroatoms. The molecule has 1 aromatic heterocycles. The summed E-state index contributed by atoms with van der Waals surface area (Å²) in [4.78, 5) is 8.14. The van der Waals surface area contributed by atoms with E-state index in [-0.39, 0.29) is 11.5 Å². The SMILES string of the molecule is COc1nc(Br)nc2c1CS(=O)(=O)CC2. The molecular formula is C8H9BrN2O3S. The molecule has 5 nitrogen and oxygen atoms in total. The Morgan fingerprint density at radius 3 is 2.80 bits per heavy atom. The molecule has 0 radical (unpaired) electrons. The standard InChI is InChI=1S/C8H9BrN2O3S/c1-14-7-5-4-15(12,13)3-2-6(5)10-8(9)11-7/h2-4H2,1H3. The van der Waals surface area contributed by atoms with Crippen LogP contribution in [0.4, 0.5) is 0 Å². The summed E-state index contributed by atoms with van der Waals surface area (Å²) in [5.41, 5.74) is 1.34. The lowest BCUT2D eigenvalue weighted by molar-refractivity contribution is 0.390. The van der Waals surface area contributed by atoms with Gasteiger partial charge in [-0.05, 0) is 15.9 Å². The van der Waals surface area contributed by atoms with Gasteiger partial charge < -0.3 is 4.74 Å². The average Bonchev–Trinajstić information content (AvgIpc) is 2.17. The molecule has 0 aromatic carbocycles. The highest BCUT2D eigenvalue weighted by Gasteiger charge is 2.26. The molecule has 0 spiro atoms. The van der Waals surface area contributed by atoms with E-state index in [0.717, 1.165) is 5.69 Å². The maximum atomic E-state index is 11.4. The van der Waals surface area contributed by atoms with Gasteiger partial charge in [0, 0.05) is 6.42 Å². The molecular weight excluding hydrogens is 284 g/mol. The fourth-order valence-corrected chi connectivity index (χ4v) is 3.30. The number of halogens is 1. The van der Waals surface area contributed by atoms with Gasteiger partial charge in [-0.15, -0.1) is 0 Å². The third kappa shape index (κ3) is 2.12. The highest BCUT2D eigenvalue weighted by atomic mass is 79.9. The van der Waals surface area contributed by atoms with E-state index in [1.54, 1.807) is 0 Å². The second-order valence-corrected chi connectivity index (χ2v) is 6.16. The van der Waals surface area contributed by atoms with E-state index in [4.69, 9.17) is 4.74 Å². The van der Waals surface area contributed by atoms with Gasteiger partial charge in [0.05, 0.1) is 29.9 Å². The molecule has 0 saturated carbocycles. The number of aryl methyl sites for hydroxylation is 1. The summed E-state index contributed by atoms with van der Waals surface area (Å²) in [7, 11) is -1.55. The lowest BCUT2D eigenvalue weighted by Gasteiger charge is -2.17. The molecule has 1 aromatic rings. The van der Waals surface area contributed by atoms with E-state index in [1.165, 1.54) is 7.11 Å². The topological polar surface area (TPSA) is 69.2 Å². The van der Waals surface area contributed by atoms with Gasteiger partial charge in [0.25, 0.3) is 0 Å². The van der Waals surface area contributed by atoms with Crippen LogP contribution in [-0.2, 0) is 22.0 Å². The van der Waals surface area contributed by atoms with E-state index in [9.17, 15) is 8.42 Å². The van der Waals surface area contributed by atoms with E-state index < -0.39 is 9.84 Å². The number of hydrogen-bond acceptors (Lipinski definition) is 5. The Morgan fingerprint density at radius 1 is 1.40 bits per heavy atom. The largest absolute Gasteiger partial charge is 0.481 e. The minimum absolute atomic E-state index is 0.0290. The van der Waals surface area contributed by atoms with Crippen molar-refractivity contribution >= 4 is 25.8 Å². The third-order valence-electron chi connectivity index (χ3n) is 2.23. The van der Waals surface area contributed by atoms with Gasteiger partial charge in [0.15, 0.2) is 14.6 Å². The maximum Gasteiger partial charge on any atom is 0.221 e. The molecule has 0 N–H and O–H groups in total. The second-order valence-electron chi connectivity index (χ2n) is 3.27. The Morgan fingerprint density at radius 2 is 2.13 bits per heavy atom. The number of rotatable bonds is 1. The molecule has 2 rings (SSSR count). The zero-order chi connectivity index (χ0) is 11.1. The van der Waals surface area contributed by atoms with E-state index in [0.29, 0.717) is 22.6 Å². The van der Waals surface area contributed by atoms with Gasteiger partial charge in [0.1, 0.15) is 0 Å². The maximum absolute atomic E-state index is 11.4. The summed E-state index contributed by atoms with van der Waals surface area (Å²) in [6, 6.07) is 0. The van der Waals surface area contributed by atoms with Crippen molar-refractivity contribution in [1.29, 1.82) is 0 Å². The zero-order valence-corrected chi connectivity index (χ0v) is 10.4. The van der Waals surface area contributed by atoms with Crippen molar-refractivity contribution in [1.82, 2.24) is 9.97 Å². The fraction of sp³-hybridized carbons (Fsp3) is 0.500. The predicted octanol–water partition coefficient (Wildman–Crippen LogP) is 0.719. The number of methoxy groups -OCH3 is 1. The number of aromatic nitrogens is 2. The number of nitrogens with zero attached hydrogens (tertiary/aromatic N) is 2. The van der Waals surface area contributed by atoms with Gasteiger partial charge in [-0.1, -0.05) is 0 Å². The first-order valence-electron chi connectivity index (χ1n) is 4.31. The van der Waals surface area contributed by atoms with Gasteiger partial charge in [0.2, 0.25) is 5.88 Å². The Labute approximate surface area is 95.9 Å². The van der Waals surface area contributed by atoms with Crippen LogP contribution < -0.4 is 4.74 Å².